The summed E-state index contributed by atoms with van der Waals surface area (Å²) >= 11 is 0. The molecule has 1 aromatic rings. The molecule has 0 saturated heterocycles. The van der Waals surface area contributed by atoms with Crippen LogP contribution in [0.25, 0.3) is 0 Å². The van der Waals surface area contributed by atoms with E-state index < -0.39 is 34.0 Å². The largest absolute Gasteiger partial charge is 0.453 e. The highest BCUT2D eigenvalue weighted by Gasteiger charge is 2.10. The number of hydrogen-bond donors (Lipinski definition) is 0. The molecule has 5 heteroatoms. The summed E-state index contributed by atoms with van der Waals surface area (Å²) in [5.41, 5.74) is -0.240. The standard InChI is InChI=1S/C10H10F2O2S/c1-15(2)10(13)14-6-7-8(11)4-3-5-9(7)12/h3-5H,1,6H2,2H3. The minimum Gasteiger partial charge on any atom is -0.453 e. The number of hydrogen-bond acceptors (Lipinski definition) is 2. The third kappa shape index (κ3) is 3.13. The third-order valence-corrected chi connectivity index (χ3v) is 2.37. The molecule has 0 bridgehead atoms. The second kappa shape index (κ2) is 5.02. The van der Waals surface area contributed by atoms with Crippen molar-refractivity contribution in [3.63, 3.8) is 0 Å². The van der Waals surface area contributed by atoms with E-state index in [4.69, 9.17) is 0 Å². The number of ether oxygens (including phenoxy) is 1. The Morgan fingerprint density at radius 1 is 1.47 bits per heavy atom. The molecular formula is C10H10F2O2S. The first-order valence-corrected chi connectivity index (χ1v) is 5.88. The fourth-order valence-corrected chi connectivity index (χ4v) is 1.16. The highest BCUT2D eigenvalue weighted by Crippen LogP contribution is 2.15. The van der Waals surface area contributed by atoms with Gasteiger partial charge in [0.15, 0.2) is 0 Å². The molecule has 1 atom stereocenters. The average Bonchev–Trinajstić information content (AvgIpc) is 2.16. The summed E-state index contributed by atoms with van der Waals surface area (Å²) < 4.78 is 30.8. The lowest BCUT2D eigenvalue weighted by atomic mass is 10.2. The van der Waals surface area contributed by atoms with Gasteiger partial charge in [-0.15, -0.1) is 0 Å². The van der Waals surface area contributed by atoms with Crippen molar-refractivity contribution in [1.29, 1.82) is 0 Å². The number of carbonyl (C=O) groups excluding carboxylic acids is 1. The van der Waals surface area contributed by atoms with Gasteiger partial charge in [-0.25, -0.2) is 13.6 Å². The van der Waals surface area contributed by atoms with E-state index >= 15 is 0 Å². The van der Waals surface area contributed by atoms with Crippen molar-refractivity contribution in [2.24, 2.45) is 0 Å². The molecule has 0 N–H and O–H groups in total. The normalized spacial score (nSPS) is 12.2. The van der Waals surface area contributed by atoms with Crippen LogP contribution < -0.4 is 0 Å². The van der Waals surface area contributed by atoms with Crippen molar-refractivity contribution in [1.82, 2.24) is 0 Å². The molecule has 0 fully saturated rings. The van der Waals surface area contributed by atoms with E-state index in [1.807, 2.05) is 0 Å². The van der Waals surface area contributed by atoms with Gasteiger partial charge in [0, 0.05) is 0 Å². The summed E-state index contributed by atoms with van der Waals surface area (Å²) in [5.74, 6) is 2.02. The first-order chi connectivity index (χ1) is 7.02. The zero-order valence-electron chi connectivity index (χ0n) is 8.13. The lowest BCUT2D eigenvalue weighted by Crippen LogP contribution is -2.03. The lowest BCUT2D eigenvalue weighted by molar-refractivity contribution is 0.165. The van der Waals surface area contributed by atoms with Gasteiger partial charge >= 0.3 is 5.30 Å². The quantitative estimate of drug-likeness (QED) is 0.579. The van der Waals surface area contributed by atoms with Crippen LogP contribution in [0.4, 0.5) is 13.6 Å². The van der Waals surface area contributed by atoms with Crippen LogP contribution in [0.5, 0.6) is 0 Å². The van der Waals surface area contributed by atoms with Gasteiger partial charge in [-0.3, -0.25) is 0 Å². The number of carbonyl (C=O) groups is 1. The van der Waals surface area contributed by atoms with Crippen molar-refractivity contribution < 1.29 is 18.3 Å². The highest BCUT2D eigenvalue weighted by molar-refractivity contribution is 8.26. The predicted octanol–water partition coefficient (Wildman–Crippen LogP) is 2.93. The Bertz CT molecular complexity index is 384. The maximum absolute atomic E-state index is 13.1. The van der Waals surface area contributed by atoms with Crippen molar-refractivity contribution in [2.45, 2.75) is 6.61 Å². The second-order valence-electron chi connectivity index (χ2n) is 2.88. The molecular weight excluding hydrogens is 222 g/mol. The van der Waals surface area contributed by atoms with Gasteiger partial charge in [-0.1, -0.05) is 22.4 Å². The van der Waals surface area contributed by atoms with E-state index in [-0.39, 0.29) is 5.56 Å². The zero-order valence-corrected chi connectivity index (χ0v) is 8.94. The molecule has 0 amide bonds. The van der Waals surface area contributed by atoms with Crippen molar-refractivity contribution in [3.05, 3.63) is 35.4 Å². The van der Waals surface area contributed by atoms with Crippen molar-refractivity contribution in [3.8, 4) is 0 Å². The van der Waals surface area contributed by atoms with Gasteiger partial charge in [-0.2, -0.15) is 0 Å². The summed E-state index contributed by atoms with van der Waals surface area (Å²) in [6.07, 6.45) is 1.57. The summed E-state index contributed by atoms with van der Waals surface area (Å²) in [7, 11) is -0.803. The molecule has 1 aromatic carbocycles. The molecule has 0 aliphatic heterocycles. The molecule has 2 nitrogen and oxygen atoms in total. The Labute approximate surface area is 88.8 Å². The topological polar surface area (TPSA) is 26.3 Å². The summed E-state index contributed by atoms with van der Waals surface area (Å²) in [5, 5.41) is -0.558. The molecule has 0 saturated carbocycles. The minimum absolute atomic E-state index is 0.240. The van der Waals surface area contributed by atoms with Crippen LogP contribution in [-0.4, -0.2) is 17.4 Å². The van der Waals surface area contributed by atoms with Gasteiger partial charge < -0.3 is 4.74 Å². The molecule has 0 aromatic heterocycles. The molecule has 15 heavy (non-hydrogen) atoms. The van der Waals surface area contributed by atoms with Crippen molar-refractivity contribution in [2.75, 3.05) is 6.26 Å². The van der Waals surface area contributed by atoms with Crippen LogP contribution in [0.3, 0.4) is 0 Å². The zero-order chi connectivity index (χ0) is 11.4. The lowest BCUT2D eigenvalue weighted by Gasteiger charge is -2.06. The minimum atomic E-state index is -0.803. The summed E-state index contributed by atoms with van der Waals surface area (Å²) in [6, 6.07) is 3.48. The van der Waals surface area contributed by atoms with Crippen LogP contribution in [0.15, 0.2) is 18.2 Å². The molecule has 1 unspecified atom stereocenters. The maximum atomic E-state index is 13.1. The highest BCUT2D eigenvalue weighted by atomic mass is 32.2. The fraction of sp³-hybridized carbons (Fsp3) is 0.200. The first kappa shape index (κ1) is 11.8. The Morgan fingerprint density at radius 2 is 2.00 bits per heavy atom. The summed E-state index contributed by atoms with van der Waals surface area (Å²) in [6.45, 7) is -0.399. The SMILES string of the molecule is C=S(C)C(=O)OCc1c(F)cccc1F. The van der Waals surface area contributed by atoms with Crippen LogP contribution in [-0.2, 0) is 11.3 Å². The van der Waals surface area contributed by atoms with Crippen LogP contribution in [0, 0.1) is 11.6 Å². The maximum Gasteiger partial charge on any atom is 0.361 e. The van der Waals surface area contributed by atoms with Gasteiger partial charge in [-0.05, 0) is 18.4 Å². The van der Waals surface area contributed by atoms with Gasteiger partial charge in [0.1, 0.15) is 18.2 Å². The second-order valence-corrected chi connectivity index (χ2v) is 4.48. The molecule has 0 spiro atoms. The van der Waals surface area contributed by atoms with Gasteiger partial charge in [0.2, 0.25) is 0 Å². The molecule has 82 valence electrons. The molecule has 0 aliphatic rings. The molecule has 0 heterocycles. The first-order valence-electron chi connectivity index (χ1n) is 4.07. The summed E-state index contributed by atoms with van der Waals surface area (Å²) in [4.78, 5) is 11.0. The predicted molar refractivity (Wildman–Crippen MR) is 57.2 cm³/mol. The smallest absolute Gasteiger partial charge is 0.361 e. The third-order valence-electron chi connectivity index (χ3n) is 1.68. The van der Waals surface area contributed by atoms with Crippen LogP contribution in [0.2, 0.25) is 0 Å². The van der Waals surface area contributed by atoms with E-state index in [1.54, 1.807) is 6.26 Å². The average molecular weight is 232 g/mol. The molecule has 1 rings (SSSR count). The van der Waals surface area contributed by atoms with E-state index in [0.717, 1.165) is 12.1 Å². The molecule has 0 radical (unpaired) electrons. The number of halogens is 2. The Morgan fingerprint density at radius 3 is 2.47 bits per heavy atom. The monoisotopic (exact) mass is 232 g/mol. The number of rotatable bonds is 2. The van der Waals surface area contributed by atoms with E-state index in [2.05, 4.69) is 10.6 Å². The molecule has 0 aliphatic carbocycles. The van der Waals surface area contributed by atoms with Gasteiger partial charge in [0.05, 0.1) is 5.56 Å². The van der Waals surface area contributed by atoms with Crippen molar-refractivity contribution >= 4 is 21.7 Å². The Balaban J connectivity index is 2.73. The van der Waals surface area contributed by atoms with E-state index in [0.29, 0.717) is 0 Å². The van der Waals surface area contributed by atoms with E-state index in [1.165, 1.54) is 6.07 Å². The number of benzene rings is 1. The van der Waals surface area contributed by atoms with Gasteiger partial charge in [0.25, 0.3) is 0 Å². The van der Waals surface area contributed by atoms with Crippen LogP contribution >= 0.6 is 10.5 Å². The Hall–Kier alpha value is -1.23. The van der Waals surface area contributed by atoms with Crippen LogP contribution in [0.1, 0.15) is 5.56 Å². The fourth-order valence-electron chi connectivity index (χ4n) is 0.902. The van der Waals surface area contributed by atoms with E-state index in [9.17, 15) is 13.6 Å². The Kier molecular flexibility index (Phi) is 3.96.